The lowest BCUT2D eigenvalue weighted by atomic mass is 10.1. The van der Waals surface area contributed by atoms with Gasteiger partial charge in [-0.15, -0.1) is 0 Å². The van der Waals surface area contributed by atoms with Gasteiger partial charge in [-0.2, -0.15) is 0 Å². The molecule has 0 aliphatic heterocycles. The minimum absolute atomic E-state index is 0.672. The molecule has 3 heteroatoms. The first kappa shape index (κ1) is 11.0. The van der Waals surface area contributed by atoms with Gasteiger partial charge in [-0.05, 0) is 35.7 Å². The maximum Gasteiger partial charge on any atom is 0.118 e. The minimum atomic E-state index is 0.672. The van der Waals surface area contributed by atoms with Crippen LogP contribution in [-0.2, 0) is 6.42 Å². The van der Waals surface area contributed by atoms with Crippen LogP contribution in [0.25, 0.3) is 0 Å². The summed E-state index contributed by atoms with van der Waals surface area (Å²) in [5.41, 5.74) is 2.32. The van der Waals surface area contributed by atoms with E-state index in [4.69, 9.17) is 16.3 Å². The van der Waals surface area contributed by atoms with Gasteiger partial charge in [0.05, 0.1) is 12.1 Å². The number of nitrogens with zero attached hydrogens (tertiary/aromatic N) is 1. The van der Waals surface area contributed by atoms with Gasteiger partial charge < -0.3 is 4.74 Å². The van der Waals surface area contributed by atoms with Gasteiger partial charge >= 0.3 is 0 Å². The normalized spacial score (nSPS) is 10.1. The number of halogens is 1. The highest BCUT2D eigenvalue weighted by Crippen LogP contribution is 2.16. The Morgan fingerprint density at radius 2 is 1.88 bits per heavy atom. The number of aromatic nitrogens is 1. The zero-order valence-electron chi connectivity index (χ0n) is 8.98. The molecule has 2 nitrogen and oxygen atoms in total. The van der Waals surface area contributed by atoms with Crippen molar-refractivity contribution in [3.8, 4) is 5.75 Å². The molecule has 0 aliphatic rings. The van der Waals surface area contributed by atoms with Gasteiger partial charge in [-0.1, -0.05) is 23.7 Å². The Labute approximate surface area is 99.9 Å². The molecule has 2 rings (SSSR count). The molecule has 0 bridgehead atoms. The topological polar surface area (TPSA) is 22.1 Å². The lowest BCUT2D eigenvalue weighted by molar-refractivity contribution is 0.414. The molecular formula is C13H12ClNO. The van der Waals surface area contributed by atoms with E-state index in [0.29, 0.717) is 5.02 Å². The minimum Gasteiger partial charge on any atom is -0.497 e. The van der Waals surface area contributed by atoms with Crippen molar-refractivity contribution in [2.24, 2.45) is 0 Å². The van der Waals surface area contributed by atoms with Crippen LogP contribution in [0.3, 0.4) is 0 Å². The van der Waals surface area contributed by atoms with Crippen LogP contribution in [-0.4, -0.2) is 12.1 Å². The molecule has 0 N–H and O–H groups in total. The van der Waals surface area contributed by atoms with Crippen molar-refractivity contribution in [2.45, 2.75) is 6.42 Å². The average Bonchev–Trinajstić information content (AvgIpc) is 2.30. The van der Waals surface area contributed by atoms with Crippen molar-refractivity contribution in [3.63, 3.8) is 0 Å². The lowest BCUT2D eigenvalue weighted by Crippen LogP contribution is -1.90. The number of hydrogen-bond acceptors (Lipinski definition) is 2. The van der Waals surface area contributed by atoms with Crippen LogP contribution >= 0.6 is 11.6 Å². The molecule has 0 aliphatic carbocycles. The van der Waals surface area contributed by atoms with Gasteiger partial charge in [-0.25, -0.2) is 0 Å². The summed E-state index contributed by atoms with van der Waals surface area (Å²) in [6, 6.07) is 9.92. The Hall–Kier alpha value is -1.54. The third-order valence-electron chi connectivity index (χ3n) is 2.33. The zero-order chi connectivity index (χ0) is 11.4. The summed E-state index contributed by atoms with van der Waals surface area (Å²) < 4.78 is 5.11. The Balaban J connectivity index is 2.14. The number of ether oxygens (including phenoxy) is 1. The largest absolute Gasteiger partial charge is 0.497 e. The van der Waals surface area contributed by atoms with E-state index in [1.807, 2.05) is 36.5 Å². The monoisotopic (exact) mass is 233 g/mol. The van der Waals surface area contributed by atoms with E-state index < -0.39 is 0 Å². The van der Waals surface area contributed by atoms with E-state index in [1.54, 1.807) is 13.3 Å². The van der Waals surface area contributed by atoms with Crippen molar-refractivity contribution in [2.75, 3.05) is 7.11 Å². The fourth-order valence-corrected chi connectivity index (χ4v) is 1.73. The van der Waals surface area contributed by atoms with Crippen LogP contribution in [0.5, 0.6) is 5.75 Å². The third-order valence-corrected chi connectivity index (χ3v) is 2.54. The fraction of sp³-hybridized carbons (Fsp3) is 0.154. The molecule has 0 atom stereocenters. The number of benzene rings is 1. The van der Waals surface area contributed by atoms with Crippen LogP contribution in [0, 0.1) is 0 Å². The summed E-state index contributed by atoms with van der Waals surface area (Å²) >= 11 is 5.88. The summed E-state index contributed by atoms with van der Waals surface area (Å²) in [5, 5.41) is 0.672. The van der Waals surface area contributed by atoms with Gasteiger partial charge in [-0.3, -0.25) is 4.98 Å². The molecule has 0 fully saturated rings. The summed E-state index contributed by atoms with van der Waals surface area (Å²) in [6.07, 6.45) is 4.30. The van der Waals surface area contributed by atoms with Crippen LogP contribution in [0.4, 0.5) is 0 Å². The van der Waals surface area contributed by atoms with Gasteiger partial charge in [0.1, 0.15) is 5.75 Å². The Bertz CT molecular complexity index is 468. The van der Waals surface area contributed by atoms with Crippen LogP contribution < -0.4 is 4.74 Å². The molecular weight excluding hydrogens is 222 g/mol. The molecule has 1 heterocycles. The van der Waals surface area contributed by atoms with E-state index in [0.717, 1.165) is 17.7 Å². The van der Waals surface area contributed by atoms with Crippen LogP contribution in [0.15, 0.2) is 42.7 Å². The highest BCUT2D eigenvalue weighted by molar-refractivity contribution is 6.30. The molecule has 0 saturated carbocycles. The maximum absolute atomic E-state index is 5.88. The molecule has 16 heavy (non-hydrogen) atoms. The van der Waals surface area contributed by atoms with Crippen LogP contribution in [0.2, 0.25) is 5.02 Å². The lowest BCUT2D eigenvalue weighted by Gasteiger charge is -2.03. The molecule has 0 unspecified atom stereocenters. The van der Waals surface area contributed by atoms with E-state index in [2.05, 4.69) is 4.98 Å². The predicted octanol–water partition coefficient (Wildman–Crippen LogP) is 3.33. The number of rotatable bonds is 3. The summed E-state index contributed by atoms with van der Waals surface area (Å²) in [6.45, 7) is 0. The first-order valence-electron chi connectivity index (χ1n) is 5.00. The SMILES string of the molecule is COc1ccc(Cc2cncc(Cl)c2)cc1. The van der Waals surface area contributed by atoms with Crippen molar-refractivity contribution in [1.29, 1.82) is 0 Å². The van der Waals surface area contributed by atoms with Crippen molar-refractivity contribution in [1.82, 2.24) is 4.98 Å². The molecule has 2 aromatic rings. The van der Waals surface area contributed by atoms with Crippen molar-refractivity contribution < 1.29 is 4.74 Å². The standard InChI is InChI=1S/C13H12ClNO/c1-16-13-4-2-10(3-5-13)6-11-7-12(14)9-15-8-11/h2-5,7-9H,6H2,1H3. The van der Waals surface area contributed by atoms with Gasteiger partial charge in [0.15, 0.2) is 0 Å². The molecule has 1 aromatic carbocycles. The zero-order valence-corrected chi connectivity index (χ0v) is 9.74. The second-order valence-electron chi connectivity index (χ2n) is 3.54. The van der Waals surface area contributed by atoms with Gasteiger partial charge in [0, 0.05) is 12.4 Å². The van der Waals surface area contributed by atoms with Gasteiger partial charge in [0.2, 0.25) is 0 Å². The summed E-state index contributed by atoms with van der Waals surface area (Å²) in [5.74, 6) is 0.868. The highest BCUT2D eigenvalue weighted by atomic mass is 35.5. The van der Waals surface area contributed by atoms with E-state index >= 15 is 0 Å². The van der Waals surface area contributed by atoms with Crippen molar-refractivity contribution >= 4 is 11.6 Å². The Kier molecular flexibility index (Phi) is 3.42. The van der Waals surface area contributed by atoms with E-state index in [-0.39, 0.29) is 0 Å². The predicted molar refractivity (Wildman–Crippen MR) is 65.0 cm³/mol. The highest BCUT2D eigenvalue weighted by Gasteiger charge is 1.98. The second kappa shape index (κ2) is 4.99. The molecule has 0 radical (unpaired) electrons. The van der Waals surface area contributed by atoms with Crippen LogP contribution in [0.1, 0.15) is 11.1 Å². The molecule has 0 amide bonds. The van der Waals surface area contributed by atoms with Gasteiger partial charge in [0.25, 0.3) is 0 Å². The average molecular weight is 234 g/mol. The molecule has 0 spiro atoms. The summed E-state index contributed by atoms with van der Waals surface area (Å²) in [7, 11) is 1.66. The first-order valence-corrected chi connectivity index (χ1v) is 5.38. The number of hydrogen-bond donors (Lipinski definition) is 0. The fourth-order valence-electron chi connectivity index (χ4n) is 1.53. The Morgan fingerprint density at radius 3 is 2.50 bits per heavy atom. The quantitative estimate of drug-likeness (QED) is 0.811. The first-order chi connectivity index (χ1) is 7.78. The number of pyridine rings is 1. The van der Waals surface area contributed by atoms with E-state index in [9.17, 15) is 0 Å². The van der Waals surface area contributed by atoms with Crippen molar-refractivity contribution in [3.05, 3.63) is 58.9 Å². The third kappa shape index (κ3) is 2.74. The summed E-state index contributed by atoms with van der Waals surface area (Å²) in [4.78, 5) is 4.06. The molecule has 0 saturated heterocycles. The smallest absolute Gasteiger partial charge is 0.118 e. The molecule has 1 aromatic heterocycles. The number of methoxy groups -OCH3 is 1. The second-order valence-corrected chi connectivity index (χ2v) is 3.97. The van der Waals surface area contributed by atoms with E-state index in [1.165, 1.54) is 5.56 Å². The molecule has 82 valence electrons. The maximum atomic E-state index is 5.88. The Morgan fingerprint density at radius 1 is 1.12 bits per heavy atom.